The number of terminal acetylenes is 1. The standard InChI is InChI=1S/C11H18N2O2/c1-4-10(8(2)3)13-11(14)12-9-5-6-15-7-9/h1,8-10H,5-7H2,2-3H3,(H2,12,13,14)/t9-,10+/m1/s1. The second-order valence-corrected chi connectivity index (χ2v) is 4.07. The molecule has 0 unspecified atom stereocenters. The summed E-state index contributed by atoms with van der Waals surface area (Å²) in [4.78, 5) is 11.5. The third kappa shape index (κ3) is 3.80. The highest BCUT2D eigenvalue weighted by atomic mass is 16.5. The van der Waals surface area contributed by atoms with E-state index in [-0.39, 0.29) is 24.0 Å². The van der Waals surface area contributed by atoms with Crippen LogP contribution in [0.5, 0.6) is 0 Å². The van der Waals surface area contributed by atoms with Crippen LogP contribution in [0.25, 0.3) is 0 Å². The summed E-state index contributed by atoms with van der Waals surface area (Å²) in [6.45, 7) is 5.26. The Morgan fingerprint density at radius 3 is 2.80 bits per heavy atom. The summed E-state index contributed by atoms with van der Waals surface area (Å²) in [5.74, 6) is 2.79. The van der Waals surface area contributed by atoms with Crippen molar-refractivity contribution >= 4 is 6.03 Å². The first-order chi connectivity index (χ1) is 7.13. The summed E-state index contributed by atoms with van der Waals surface area (Å²) < 4.78 is 5.15. The molecular weight excluding hydrogens is 192 g/mol. The lowest BCUT2D eigenvalue weighted by Crippen LogP contribution is -2.47. The minimum Gasteiger partial charge on any atom is -0.379 e. The second kappa shape index (κ2) is 5.62. The first-order valence-corrected chi connectivity index (χ1v) is 5.24. The monoisotopic (exact) mass is 210 g/mol. The lowest BCUT2D eigenvalue weighted by molar-refractivity contribution is 0.188. The Morgan fingerprint density at radius 2 is 2.33 bits per heavy atom. The lowest BCUT2D eigenvalue weighted by Gasteiger charge is -2.18. The molecule has 84 valence electrons. The Labute approximate surface area is 90.8 Å². The number of ether oxygens (including phenoxy) is 1. The average Bonchev–Trinajstić information content (AvgIpc) is 2.66. The Kier molecular flexibility index (Phi) is 4.44. The van der Waals surface area contributed by atoms with Crippen molar-refractivity contribution < 1.29 is 9.53 Å². The zero-order chi connectivity index (χ0) is 11.3. The molecule has 2 N–H and O–H groups in total. The van der Waals surface area contributed by atoms with Gasteiger partial charge in [0.2, 0.25) is 0 Å². The van der Waals surface area contributed by atoms with Crippen LogP contribution in [-0.4, -0.2) is 31.3 Å². The van der Waals surface area contributed by atoms with Gasteiger partial charge in [0, 0.05) is 6.61 Å². The van der Waals surface area contributed by atoms with Crippen molar-refractivity contribution in [1.29, 1.82) is 0 Å². The van der Waals surface area contributed by atoms with Gasteiger partial charge in [0.05, 0.1) is 18.7 Å². The number of carbonyl (C=O) groups is 1. The quantitative estimate of drug-likeness (QED) is 0.675. The number of carbonyl (C=O) groups excluding carboxylic acids is 1. The van der Waals surface area contributed by atoms with Crippen LogP contribution in [0.3, 0.4) is 0 Å². The minimum absolute atomic E-state index is 0.121. The first kappa shape index (κ1) is 11.9. The predicted octanol–water partition coefficient (Wildman–Crippen LogP) is 0.732. The third-order valence-corrected chi connectivity index (χ3v) is 2.40. The van der Waals surface area contributed by atoms with E-state index in [1.54, 1.807) is 0 Å². The van der Waals surface area contributed by atoms with E-state index in [1.165, 1.54) is 0 Å². The normalized spacial score (nSPS) is 22.1. The van der Waals surface area contributed by atoms with E-state index in [9.17, 15) is 4.79 Å². The predicted molar refractivity (Wildman–Crippen MR) is 58.4 cm³/mol. The van der Waals surface area contributed by atoms with E-state index in [4.69, 9.17) is 11.2 Å². The van der Waals surface area contributed by atoms with Gasteiger partial charge >= 0.3 is 6.03 Å². The Morgan fingerprint density at radius 1 is 1.60 bits per heavy atom. The molecule has 1 rings (SSSR count). The van der Waals surface area contributed by atoms with Gasteiger partial charge in [-0.05, 0) is 12.3 Å². The van der Waals surface area contributed by atoms with Crippen molar-refractivity contribution in [3.8, 4) is 12.3 Å². The van der Waals surface area contributed by atoms with Crippen LogP contribution >= 0.6 is 0 Å². The molecule has 0 saturated carbocycles. The molecule has 4 nitrogen and oxygen atoms in total. The van der Waals surface area contributed by atoms with Gasteiger partial charge in [0.1, 0.15) is 0 Å². The Bertz CT molecular complexity index is 252. The molecule has 1 heterocycles. The van der Waals surface area contributed by atoms with Gasteiger partial charge in [-0.1, -0.05) is 19.8 Å². The van der Waals surface area contributed by atoms with Crippen LogP contribution in [0, 0.1) is 18.3 Å². The van der Waals surface area contributed by atoms with Gasteiger partial charge in [-0.2, -0.15) is 0 Å². The van der Waals surface area contributed by atoms with Crippen molar-refractivity contribution in [3.63, 3.8) is 0 Å². The van der Waals surface area contributed by atoms with Gasteiger partial charge < -0.3 is 15.4 Å². The third-order valence-electron chi connectivity index (χ3n) is 2.40. The summed E-state index contributed by atoms with van der Waals surface area (Å²) in [7, 11) is 0. The van der Waals surface area contributed by atoms with Gasteiger partial charge in [-0.15, -0.1) is 6.42 Å². The van der Waals surface area contributed by atoms with Crippen LogP contribution in [-0.2, 0) is 4.74 Å². The van der Waals surface area contributed by atoms with E-state index in [0.717, 1.165) is 6.42 Å². The summed E-state index contributed by atoms with van der Waals surface area (Å²) in [5, 5.41) is 5.58. The van der Waals surface area contributed by atoms with Gasteiger partial charge in [-0.3, -0.25) is 0 Å². The smallest absolute Gasteiger partial charge is 0.316 e. The van der Waals surface area contributed by atoms with E-state index in [2.05, 4.69) is 16.6 Å². The molecule has 0 aliphatic carbocycles. The van der Waals surface area contributed by atoms with Gasteiger partial charge in [0.25, 0.3) is 0 Å². The zero-order valence-corrected chi connectivity index (χ0v) is 9.25. The summed E-state index contributed by atoms with van der Waals surface area (Å²) >= 11 is 0. The molecule has 1 aliphatic rings. The maximum atomic E-state index is 11.5. The average molecular weight is 210 g/mol. The molecule has 4 heteroatoms. The first-order valence-electron chi connectivity index (χ1n) is 5.24. The fourth-order valence-corrected chi connectivity index (χ4v) is 1.42. The highest BCUT2D eigenvalue weighted by molar-refractivity contribution is 5.75. The number of amides is 2. The molecule has 0 aromatic carbocycles. The fourth-order valence-electron chi connectivity index (χ4n) is 1.42. The van der Waals surface area contributed by atoms with Crippen LogP contribution in [0.15, 0.2) is 0 Å². The maximum Gasteiger partial charge on any atom is 0.316 e. The van der Waals surface area contributed by atoms with Crippen LogP contribution < -0.4 is 10.6 Å². The van der Waals surface area contributed by atoms with E-state index in [1.807, 2.05) is 13.8 Å². The highest BCUT2D eigenvalue weighted by Crippen LogP contribution is 2.03. The lowest BCUT2D eigenvalue weighted by atomic mass is 10.1. The van der Waals surface area contributed by atoms with E-state index >= 15 is 0 Å². The van der Waals surface area contributed by atoms with Crippen molar-refractivity contribution in [2.75, 3.05) is 13.2 Å². The number of nitrogens with one attached hydrogen (secondary N) is 2. The SMILES string of the molecule is C#C[C@H](NC(=O)N[C@@H]1CCOC1)C(C)C. The van der Waals surface area contributed by atoms with Crippen molar-refractivity contribution in [1.82, 2.24) is 10.6 Å². The molecular formula is C11H18N2O2. The van der Waals surface area contributed by atoms with Gasteiger partial charge in [0.15, 0.2) is 0 Å². The highest BCUT2D eigenvalue weighted by Gasteiger charge is 2.19. The maximum absolute atomic E-state index is 11.5. The topological polar surface area (TPSA) is 50.4 Å². The molecule has 1 fully saturated rings. The molecule has 0 radical (unpaired) electrons. The molecule has 0 bridgehead atoms. The van der Waals surface area contributed by atoms with E-state index in [0.29, 0.717) is 13.2 Å². The molecule has 0 aromatic rings. The molecule has 1 saturated heterocycles. The Balaban J connectivity index is 2.31. The summed E-state index contributed by atoms with van der Waals surface area (Å²) in [5.41, 5.74) is 0. The molecule has 2 atom stereocenters. The van der Waals surface area contributed by atoms with Crippen molar-refractivity contribution in [3.05, 3.63) is 0 Å². The van der Waals surface area contributed by atoms with Crippen LogP contribution in [0.2, 0.25) is 0 Å². The molecule has 1 aliphatic heterocycles. The zero-order valence-electron chi connectivity index (χ0n) is 9.25. The largest absolute Gasteiger partial charge is 0.379 e. The molecule has 2 amide bonds. The van der Waals surface area contributed by atoms with Crippen molar-refractivity contribution in [2.45, 2.75) is 32.4 Å². The van der Waals surface area contributed by atoms with Crippen LogP contribution in [0.1, 0.15) is 20.3 Å². The second-order valence-electron chi connectivity index (χ2n) is 4.07. The summed E-state index contributed by atoms with van der Waals surface area (Å²) in [6, 6.07) is -0.301. The number of hydrogen-bond donors (Lipinski definition) is 2. The van der Waals surface area contributed by atoms with Gasteiger partial charge in [-0.25, -0.2) is 4.79 Å². The number of hydrogen-bond acceptors (Lipinski definition) is 2. The minimum atomic E-state index is -0.215. The number of rotatable bonds is 3. The van der Waals surface area contributed by atoms with Crippen molar-refractivity contribution in [2.24, 2.45) is 5.92 Å². The van der Waals surface area contributed by atoms with Crippen LogP contribution in [0.4, 0.5) is 4.79 Å². The molecule has 0 aromatic heterocycles. The molecule has 0 spiro atoms. The van der Waals surface area contributed by atoms with E-state index < -0.39 is 0 Å². The summed E-state index contributed by atoms with van der Waals surface area (Å²) in [6.07, 6.45) is 6.18. The fraction of sp³-hybridized carbons (Fsp3) is 0.727. The number of urea groups is 1. The molecule has 15 heavy (non-hydrogen) atoms. The Hall–Kier alpha value is -1.21.